The van der Waals surface area contributed by atoms with E-state index in [-0.39, 0.29) is 18.6 Å². The number of unbranched alkanes of at least 4 members (excludes halogenated alkanes) is 22. The van der Waals surface area contributed by atoms with Crippen LogP contribution in [0.15, 0.2) is 0 Å². The highest BCUT2D eigenvalue weighted by Crippen LogP contribution is 2.15. The van der Waals surface area contributed by atoms with E-state index in [1.54, 1.807) is 0 Å². The summed E-state index contributed by atoms with van der Waals surface area (Å²) >= 11 is 0. The van der Waals surface area contributed by atoms with Crippen LogP contribution in [0.4, 0.5) is 4.79 Å². The molecule has 0 aromatic carbocycles. The Balaban J connectivity index is 4.31. The minimum absolute atomic E-state index is 0.0542. The number of hydrogen-bond donors (Lipinski definition) is 1. The highest BCUT2D eigenvalue weighted by molar-refractivity contribution is 5.82. The molecule has 0 heterocycles. The van der Waals surface area contributed by atoms with Gasteiger partial charge in [-0.15, -0.1) is 0 Å². The lowest BCUT2D eigenvalue weighted by molar-refractivity contribution is -0.124. The summed E-state index contributed by atoms with van der Waals surface area (Å²) in [5.74, 6) is -0.222. The number of methoxy groups -OCH3 is 1. The van der Waals surface area contributed by atoms with Crippen LogP contribution in [0.5, 0.6) is 0 Å². The van der Waals surface area contributed by atoms with Crippen LogP contribution >= 0.6 is 0 Å². The first-order valence-electron chi connectivity index (χ1n) is 19.6. The molecule has 0 aliphatic heterocycles. The van der Waals surface area contributed by atoms with Gasteiger partial charge in [0.05, 0.1) is 19.8 Å². The Morgan fingerprint density at radius 1 is 0.609 bits per heavy atom. The third kappa shape index (κ3) is 28.8. The van der Waals surface area contributed by atoms with Crippen molar-refractivity contribution in [1.82, 2.24) is 10.2 Å². The van der Waals surface area contributed by atoms with Gasteiger partial charge in [0.25, 0.3) is 0 Å². The number of nitrogens with one attached hydrogen (secondary N) is 1. The Kier molecular flexibility index (Phi) is 31.3. The number of rotatable bonds is 33. The predicted molar refractivity (Wildman–Crippen MR) is 195 cm³/mol. The van der Waals surface area contributed by atoms with Crippen molar-refractivity contribution < 1.29 is 23.8 Å². The number of carbonyl (C=O) groups is 2. The average Bonchev–Trinajstić information content (AvgIpc) is 3.03. The minimum atomic E-state index is -0.522. The number of ether oxygens (including phenoxy) is 3. The quantitative estimate of drug-likeness (QED) is 0.0713. The normalized spacial score (nSPS) is 12.3. The van der Waals surface area contributed by atoms with Crippen molar-refractivity contribution in [2.75, 3.05) is 40.0 Å². The molecule has 0 aliphatic carbocycles. The molecule has 0 aromatic heterocycles. The van der Waals surface area contributed by atoms with Gasteiger partial charge in [-0.3, -0.25) is 9.69 Å². The summed E-state index contributed by atoms with van der Waals surface area (Å²) < 4.78 is 17.1. The molecule has 0 fully saturated rings. The number of nitrogens with zero attached hydrogens (tertiary/aromatic N) is 1. The van der Waals surface area contributed by atoms with Crippen molar-refractivity contribution in [3.8, 4) is 0 Å². The van der Waals surface area contributed by atoms with E-state index in [1.807, 2.05) is 20.8 Å². The zero-order valence-electron chi connectivity index (χ0n) is 31.6. The average molecular weight is 655 g/mol. The SMILES string of the molecule is CCCCCCCCCCCCCCOCC(CNC(=O)CN(C(=O)OC)C(C)(C)C)OCCCCCCCCCCCCCC. The van der Waals surface area contributed by atoms with Crippen LogP contribution in [0.3, 0.4) is 0 Å². The fraction of sp³-hybridized carbons (Fsp3) is 0.949. The van der Waals surface area contributed by atoms with E-state index in [0.29, 0.717) is 19.8 Å². The van der Waals surface area contributed by atoms with E-state index in [0.717, 1.165) is 19.4 Å². The molecule has 0 saturated carbocycles. The first-order chi connectivity index (χ1) is 22.3. The Morgan fingerprint density at radius 2 is 1.00 bits per heavy atom. The van der Waals surface area contributed by atoms with Crippen LogP contribution in [-0.4, -0.2) is 68.6 Å². The Hall–Kier alpha value is -1.34. The molecular weight excluding hydrogens is 576 g/mol. The summed E-state index contributed by atoms with van der Waals surface area (Å²) in [5.41, 5.74) is -0.522. The molecule has 46 heavy (non-hydrogen) atoms. The first-order valence-corrected chi connectivity index (χ1v) is 19.6. The first kappa shape index (κ1) is 44.7. The predicted octanol–water partition coefficient (Wildman–Crippen LogP) is 10.8. The van der Waals surface area contributed by atoms with E-state index in [1.165, 1.54) is 153 Å². The van der Waals surface area contributed by atoms with Crippen LogP contribution < -0.4 is 5.32 Å². The van der Waals surface area contributed by atoms with Crippen molar-refractivity contribution >= 4 is 12.0 Å². The van der Waals surface area contributed by atoms with Crippen LogP contribution in [0.2, 0.25) is 0 Å². The maximum absolute atomic E-state index is 12.8. The highest BCUT2D eigenvalue weighted by Gasteiger charge is 2.29. The second-order valence-corrected chi connectivity index (χ2v) is 14.4. The van der Waals surface area contributed by atoms with Gasteiger partial charge >= 0.3 is 6.09 Å². The Bertz CT molecular complexity index is 682. The van der Waals surface area contributed by atoms with Gasteiger partial charge in [-0.2, -0.15) is 0 Å². The summed E-state index contributed by atoms with van der Waals surface area (Å²) in [7, 11) is 1.34. The standard InChI is InChI=1S/C39H78N2O5/c1-7-9-11-13-15-17-19-21-23-25-27-29-31-45-35-36(33-40-37(42)34-41(38(43)44-6)39(3,4)5)46-32-30-28-26-24-22-20-18-16-14-12-10-8-2/h36H,7-35H2,1-6H3,(H,40,42). The molecule has 0 bridgehead atoms. The van der Waals surface area contributed by atoms with Crippen molar-refractivity contribution in [3.63, 3.8) is 0 Å². The lowest BCUT2D eigenvalue weighted by Gasteiger charge is -2.33. The van der Waals surface area contributed by atoms with Crippen LogP contribution in [0, 0.1) is 0 Å². The van der Waals surface area contributed by atoms with Gasteiger partial charge in [0.15, 0.2) is 0 Å². The molecule has 1 N–H and O–H groups in total. The molecule has 1 unspecified atom stereocenters. The number of carbonyl (C=O) groups excluding carboxylic acids is 2. The third-order valence-electron chi connectivity index (χ3n) is 8.83. The van der Waals surface area contributed by atoms with Gasteiger partial charge in [-0.05, 0) is 33.6 Å². The van der Waals surface area contributed by atoms with Gasteiger partial charge in [0, 0.05) is 25.3 Å². The smallest absolute Gasteiger partial charge is 0.410 e. The molecule has 0 radical (unpaired) electrons. The lowest BCUT2D eigenvalue weighted by atomic mass is 10.1. The molecular formula is C39H78N2O5. The number of hydrogen-bond acceptors (Lipinski definition) is 5. The van der Waals surface area contributed by atoms with E-state index >= 15 is 0 Å². The Morgan fingerprint density at radius 3 is 1.39 bits per heavy atom. The zero-order chi connectivity index (χ0) is 34.1. The van der Waals surface area contributed by atoms with Gasteiger partial charge in [-0.1, -0.05) is 155 Å². The Labute approximate surface area is 286 Å². The summed E-state index contributed by atoms with van der Waals surface area (Å²) in [6.45, 7) is 12.4. The molecule has 1 atom stereocenters. The second kappa shape index (κ2) is 32.2. The minimum Gasteiger partial charge on any atom is -0.453 e. The molecule has 0 saturated heterocycles. The van der Waals surface area contributed by atoms with Crippen LogP contribution in [0.1, 0.15) is 189 Å². The third-order valence-corrected chi connectivity index (χ3v) is 8.83. The van der Waals surface area contributed by atoms with Crippen molar-refractivity contribution in [2.45, 2.75) is 200 Å². The maximum atomic E-state index is 12.8. The van der Waals surface area contributed by atoms with Gasteiger partial charge < -0.3 is 19.5 Å². The highest BCUT2D eigenvalue weighted by atomic mass is 16.5. The van der Waals surface area contributed by atoms with Crippen molar-refractivity contribution in [3.05, 3.63) is 0 Å². The second-order valence-electron chi connectivity index (χ2n) is 14.4. The summed E-state index contributed by atoms with van der Waals surface area (Å²) in [6.07, 6.45) is 30.9. The van der Waals surface area contributed by atoms with Gasteiger partial charge in [-0.25, -0.2) is 4.79 Å². The lowest BCUT2D eigenvalue weighted by Crippen LogP contribution is -2.51. The maximum Gasteiger partial charge on any atom is 0.410 e. The molecule has 0 aromatic rings. The largest absolute Gasteiger partial charge is 0.453 e. The monoisotopic (exact) mass is 655 g/mol. The van der Waals surface area contributed by atoms with Crippen molar-refractivity contribution in [1.29, 1.82) is 0 Å². The fourth-order valence-corrected chi connectivity index (χ4v) is 5.73. The fourth-order valence-electron chi connectivity index (χ4n) is 5.73. The van der Waals surface area contributed by atoms with E-state index in [2.05, 4.69) is 19.2 Å². The summed E-state index contributed by atoms with van der Waals surface area (Å²) in [6, 6.07) is 0. The zero-order valence-corrected chi connectivity index (χ0v) is 31.6. The molecule has 0 spiro atoms. The van der Waals surface area contributed by atoms with E-state index in [4.69, 9.17) is 14.2 Å². The van der Waals surface area contributed by atoms with Crippen LogP contribution in [0.25, 0.3) is 0 Å². The summed E-state index contributed by atoms with van der Waals surface area (Å²) in [5, 5.41) is 2.97. The molecule has 7 heteroatoms. The topological polar surface area (TPSA) is 77.1 Å². The van der Waals surface area contributed by atoms with Crippen molar-refractivity contribution in [2.24, 2.45) is 0 Å². The molecule has 7 nitrogen and oxygen atoms in total. The van der Waals surface area contributed by atoms with E-state index in [9.17, 15) is 9.59 Å². The molecule has 0 aliphatic rings. The summed E-state index contributed by atoms with van der Waals surface area (Å²) in [4.78, 5) is 26.4. The molecule has 0 rings (SSSR count). The number of amides is 2. The van der Waals surface area contributed by atoms with Gasteiger partial charge in [0.2, 0.25) is 5.91 Å². The molecule has 274 valence electrons. The van der Waals surface area contributed by atoms with E-state index < -0.39 is 11.6 Å². The van der Waals surface area contributed by atoms with Crippen LogP contribution in [-0.2, 0) is 19.0 Å². The molecule has 2 amide bonds. The van der Waals surface area contributed by atoms with Gasteiger partial charge in [0.1, 0.15) is 6.54 Å².